The molecule has 1 saturated heterocycles. The van der Waals surface area contributed by atoms with Crippen LogP contribution in [0.15, 0.2) is 12.4 Å². The van der Waals surface area contributed by atoms with Crippen LogP contribution in [0.4, 0.5) is 5.69 Å². The van der Waals surface area contributed by atoms with E-state index in [2.05, 4.69) is 35.4 Å². The molecule has 0 bridgehead atoms. The van der Waals surface area contributed by atoms with E-state index in [4.69, 9.17) is 4.74 Å². The summed E-state index contributed by atoms with van der Waals surface area (Å²) < 4.78 is 7.39. The lowest BCUT2D eigenvalue weighted by Gasteiger charge is -2.23. The van der Waals surface area contributed by atoms with Crippen molar-refractivity contribution in [2.75, 3.05) is 38.2 Å². The normalized spacial score (nSPS) is 17.0. The standard InChI is InChI=1S/C14H26N4O/c1-3-17(4-2)7-8-18-12-14(11-15-18)16-13-5-9-19-10-6-13/h11-13,16H,3-10H2,1-2H3. The quantitative estimate of drug-likeness (QED) is 0.817. The molecule has 1 fully saturated rings. The summed E-state index contributed by atoms with van der Waals surface area (Å²) in [5, 5.41) is 7.96. The maximum Gasteiger partial charge on any atom is 0.0728 e. The van der Waals surface area contributed by atoms with E-state index in [0.717, 1.165) is 57.9 Å². The van der Waals surface area contributed by atoms with Crippen molar-refractivity contribution >= 4 is 5.69 Å². The van der Waals surface area contributed by atoms with Crippen molar-refractivity contribution in [3.63, 3.8) is 0 Å². The average Bonchev–Trinajstić information content (AvgIpc) is 2.89. The summed E-state index contributed by atoms with van der Waals surface area (Å²) in [5.74, 6) is 0. The molecule has 108 valence electrons. The van der Waals surface area contributed by atoms with Crippen LogP contribution in [0, 0.1) is 0 Å². The topological polar surface area (TPSA) is 42.3 Å². The predicted molar refractivity (Wildman–Crippen MR) is 77.5 cm³/mol. The first-order valence-corrected chi connectivity index (χ1v) is 7.41. The minimum Gasteiger partial charge on any atom is -0.381 e. The molecular weight excluding hydrogens is 240 g/mol. The zero-order chi connectivity index (χ0) is 13.5. The third kappa shape index (κ3) is 4.51. The van der Waals surface area contributed by atoms with Gasteiger partial charge in [0, 0.05) is 32.0 Å². The van der Waals surface area contributed by atoms with Gasteiger partial charge >= 0.3 is 0 Å². The van der Waals surface area contributed by atoms with E-state index in [9.17, 15) is 0 Å². The molecule has 1 aliphatic heterocycles. The molecule has 0 radical (unpaired) electrons. The van der Waals surface area contributed by atoms with Crippen LogP contribution in [0.3, 0.4) is 0 Å². The average molecular weight is 266 g/mol. The van der Waals surface area contributed by atoms with Gasteiger partial charge in [-0.3, -0.25) is 4.68 Å². The van der Waals surface area contributed by atoms with E-state index in [1.54, 1.807) is 0 Å². The molecule has 0 saturated carbocycles. The van der Waals surface area contributed by atoms with Crippen molar-refractivity contribution in [3.8, 4) is 0 Å². The number of aromatic nitrogens is 2. The fraction of sp³-hybridized carbons (Fsp3) is 0.786. The Labute approximate surface area is 115 Å². The number of nitrogens with zero attached hydrogens (tertiary/aromatic N) is 3. The van der Waals surface area contributed by atoms with Gasteiger partial charge in [-0.05, 0) is 25.9 Å². The maximum atomic E-state index is 5.37. The molecule has 0 atom stereocenters. The van der Waals surface area contributed by atoms with Gasteiger partial charge in [-0.1, -0.05) is 13.8 Å². The van der Waals surface area contributed by atoms with E-state index in [1.165, 1.54) is 0 Å². The molecule has 5 heteroatoms. The lowest BCUT2D eigenvalue weighted by Crippen LogP contribution is -2.28. The summed E-state index contributed by atoms with van der Waals surface area (Å²) in [7, 11) is 0. The molecule has 2 rings (SSSR count). The van der Waals surface area contributed by atoms with Crippen molar-refractivity contribution in [2.45, 2.75) is 39.3 Å². The van der Waals surface area contributed by atoms with Crippen LogP contribution in [0.1, 0.15) is 26.7 Å². The van der Waals surface area contributed by atoms with Crippen LogP contribution in [0.25, 0.3) is 0 Å². The van der Waals surface area contributed by atoms with Crippen molar-refractivity contribution in [3.05, 3.63) is 12.4 Å². The second kappa shape index (κ2) is 7.50. The van der Waals surface area contributed by atoms with Crippen molar-refractivity contribution < 1.29 is 4.74 Å². The van der Waals surface area contributed by atoms with Crippen molar-refractivity contribution in [1.29, 1.82) is 0 Å². The fourth-order valence-electron chi connectivity index (χ4n) is 2.42. The number of ether oxygens (including phenoxy) is 1. The highest BCUT2D eigenvalue weighted by Crippen LogP contribution is 2.14. The van der Waals surface area contributed by atoms with E-state index in [-0.39, 0.29) is 0 Å². The number of rotatable bonds is 7. The van der Waals surface area contributed by atoms with E-state index >= 15 is 0 Å². The van der Waals surface area contributed by atoms with Gasteiger partial charge in [0.25, 0.3) is 0 Å². The molecule has 0 spiro atoms. The molecular formula is C14H26N4O. The Morgan fingerprint density at radius 1 is 1.37 bits per heavy atom. The summed E-state index contributed by atoms with van der Waals surface area (Å²) >= 11 is 0. The molecule has 1 aromatic rings. The van der Waals surface area contributed by atoms with Crippen LogP contribution < -0.4 is 5.32 Å². The monoisotopic (exact) mass is 266 g/mol. The molecule has 0 amide bonds. The zero-order valence-corrected chi connectivity index (χ0v) is 12.1. The van der Waals surface area contributed by atoms with Crippen molar-refractivity contribution in [1.82, 2.24) is 14.7 Å². The molecule has 2 heterocycles. The van der Waals surface area contributed by atoms with Crippen LogP contribution in [0.2, 0.25) is 0 Å². The Morgan fingerprint density at radius 2 is 2.11 bits per heavy atom. The van der Waals surface area contributed by atoms with E-state index < -0.39 is 0 Å². The second-order valence-corrected chi connectivity index (χ2v) is 5.05. The van der Waals surface area contributed by atoms with E-state index in [0.29, 0.717) is 6.04 Å². The summed E-state index contributed by atoms with van der Waals surface area (Å²) in [6.07, 6.45) is 6.21. The van der Waals surface area contributed by atoms with Gasteiger partial charge in [-0.25, -0.2) is 0 Å². The number of anilines is 1. The smallest absolute Gasteiger partial charge is 0.0728 e. The molecule has 5 nitrogen and oxygen atoms in total. The summed E-state index contributed by atoms with van der Waals surface area (Å²) in [4.78, 5) is 2.41. The van der Waals surface area contributed by atoms with Crippen LogP contribution in [-0.4, -0.2) is 53.6 Å². The van der Waals surface area contributed by atoms with Gasteiger partial charge < -0.3 is 15.0 Å². The fourth-order valence-corrected chi connectivity index (χ4v) is 2.42. The Bertz CT molecular complexity index is 356. The Balaban J connectivity index is 1.77. The molecule has 1 aromatic heterocycles. The van der Waals surface area contributed by atoms with Gasteiger partial charge in [0.2, 0.25) is 0 Å². The maximum absolute atomic E-state index is 5.37. The van der Waals surface area contributed by atoms with Gasteiger partial charge in [-0.2, -0.15) is 5.10 Å². The highest BCUT2D eigenvalue weighted by Gasteiger charge is 2.13. The summed E-state index contributed by atoms with van der Waals surface area (Å²) in [6.45, 7) is 10.4. The molecule has 19 heavy (non-hydrogen) atoms. The number of hydrogen-bond acceptors (Lipinski definition) is 4. The molecule has 1 aliphatic rings. The van der Waals surface area contributed by atoms with Crippen molar-refractivity contribution in [2.24, 2.45) is 0 Å². The van der Waals surface area contributed by atoms with Crippen LogP contribution >= 0.6 is 0 Å². The number of hydrogen-bond donors (Lipinski definition) is 1. The van der Waals surface area contributed by atoms with Gasteiger partial charge in [0.15, 0.2) is 0 Å². The first-order valence-electron chi connectivity index (χ1n) is 7.41. The lowest BCUT2D eigenvalue weighted by molar-refractivity contribution is 0.0904. The minimum absolute atomic E-state index is 0.536. The van der Waals surface area contributed by atoms with Crippen LogP contribution in [-0.2, 0) is 11.3 Å². The first kappa shape index (κ1) is 14.3. The number of likely N-dealkylation sites (N-methyl/N-ethyl adjacent to an activating group) is 1. The Morgan fingerprint density at radius 3 is 2.79 bits per heavy atom. The van der Waals surface area contributed by atoms with E-state index in [1.807, 2.05) is 10.9 Å². The lowest BCUT2D eigenvalue weighted by atomic mass is 10.1. The molecule has 1 N–H and O–H groups in total. The zero-order valence-electron chi connectivity index (χ0n) is 12.1. The Hall–Kier alpha value is -1.07. The van der Waals surface area contributed by atoms with Gasteiger partial charge in [-0.15, -0.1) is 0 Å². The van der Waals surface area contributed by atoms with Crippen LogP contribution in [0.5, 0.6) is 0 Å². The third-order valence-corrected chi connectivity index (χ3v) is 3.77. The predicted octanol–water partition coefficient (Wildman–Crippen LogP) is 1.82. The highest BCUT2D eigenvalue weighted by atomic mass is 16.5. The SMILES string of the molecule is CCN(CC)CCn1cc(NC2CCOCC2)cn1. The minimum atomic E-state index is 0.536. The Kier molecular flexibility index (Phi) is 5.66. The first-order chi connectivity index (χ1) is 9.31. The third-order valence-electron chi connectivity index (χ3n) is 3.77. The molecule has 0 aliphatic carbocycles. The van der Waals surface area contributed by atoms with Gasteiger partial charge in [0.1, 0.15) is 0 Å². The molecule has 0 unspecified atom stereocenters. The second-order valence-electron chi connectivity index (χ2n) is 5.05. The van der Waals surface area contributed by atoms with Gasteiger partial charge in [0.05, 0.1) is 18.4 Å². The highest BCUT2D eigenvalue weighted by molar-refractivity contribution is 5.39. The largest absolute Gasteiger partial charge is 0.381 e. The number of nitrogens with one attached hydrogen (secondary N) is 1. The molecule has 0 aromatic carbocycles. The summed E-state index contributed by atoms with van der Waals surface area (Å²) in [6, 6.07) is 0.536. The summed E-state index contributed by atoms with van der Waals surface area (Å²) in [5.41, 5.74) is 1.13.